The van der Waals surface area contributed by atoms with Crippen LogP contribution in [-0.4, -0.2) is 29.4 Å². The van der Waals surface area contributed by atoms with Gasteiger partial charge < -0.3 is 13.9 Å². The van der Waals surface area contributed by atoms with E-state index in [0.29, 0.717) is 24.0 Å². The van der Waals surface area contributed by atoms with E-state index in [0.717, 1.165) is 42.7 Å². The Hall–Kier alpha value is -3.41. The number of ether oxygens (including phenoxy) is 2. The third-order valence-electron chi connectivity index (χ3n) is 5.69. The van der Waals surface area contributed by atoms with Crippen LogP contribution in [0.25, 0.3) is 22.9 Å². The zero-order chi connectivity index (χ0) is 24.7. The summed E-state index contributed by atoms with van der Waals surface area (Å²) in [6, 6.07) is 17.5. The van der Waals surface area contributed by atoms with E-state index >= 15 is 0 Å². The number of unbranched alkanes of at least 4 members (excludes halogenated alkanes) is 8. The van der Waals surface area contributed by atoms with E-state index in [1.54, 1.807) is 6.92 Å². The van der Waals surface area contributed by atoms with Gasteiger partial charge in [0.05, 0.1) is 13.2 Å². The molecule has 0 unspecified atom stereocenters. The van der Waals surface area contributed by atoms with Gasteiger partial charge in [-0.1, -0.05) is 69.7 Å². The summed E-state index contributed by atoms with van der Waals surface area (Å²) in [5.74, 6) is 1.59. The van der Waals surface area contributed by atoms with Crippen molar-refractivity contribution in [2.45, 2.75) is 64.7 Å². The first kappa shape index (κ1) is 26.2. The average molecular weight is 477 g/mol. The Labute approximate surface area is 208 Å². The molecule has 3 rings (SSSR count). The SMILES string of the molecule is C=C(C)C(=O)OCCCCCCCCCCCOc1ccc(-c2nnc(-c3ccccc3)o2)cc1. The molecule has 6 nitrogen and oxygen atoms in total. The molecule has 1 aromatic heterocycles. The summed E-state index contributed by atoms with van der Waals surface area (Å²) in [6.07, 6.45) is 10.5. The average Bonchev–Trinajstić information content (AvgIpc) is 3.38. The summed E-state index contributed by atoms with van der Waals surface area (Å²) in [5, 5.41) is 8.30. The Morgan fingerprint density at radius 2 is 1.26 bits per heavy atom. The van der Waals surface area contributed by atoms with Gasteiger partial charge in [-0.3, -0.25) is 0 Å². The monoisotopic (exact) mass is 476 g/mol. The summed E-state index contributed by atoms with van der Waals surface area (Å²) in [4.78, 5) is 11.3. The summed E-state index contributed by atoms with van der Waals surface area (Å²) in [5.41, 5.74) is 2.25. The Kier molecular flexibility index (Phi) is 11.1. The molecule has 0 N–H and O–H groups in total. The molecule has 6 heteroatoms. The topological polar surface area (TPSA) is 74.5 Å². The van der Waals surface area contributed by atoms with Crippen LogP contribution >= 0.6 is 0 Å². The van der Waals surface area contributed by atoms with Crippen LogP contribution in [0.4, 0.5) is 0 Å². The molecule has 0 fully saturated rings. The number of hydrogen-bond donors (Lipinski definition) is 0. The fourth-order valence-electron chi connectivity index (χ4n) is 3.65. The second-order valence-corrected chi connectivity index (χ2v) is 8.75. The van der Waals surface area contributed by atoms with Crippen molar-refractivity contribution < 1.29 is 18.7 Å². The van der Waals surface area contributed by atoms with Gasteiger partial charge in [-0.2, -0.15) is 0 Å². The van der Waals surface area contributed by atoms with Gasteiger partial charge in [0, 0.05) is 16.7 Å². The first-order valence-electron chi connectivity index (χ1n) is 12.6. The molecule has 3 aromatic rings. The van der Waals surface area contributed by atoms with E-state index in [1.807, 2.05) is 54.6 Å². The largest absolute Gasteiger partial charge is 0.494 e. The molecule has 0 radical (unpaired) electrons. The molecular formula is C29H36N2O4. The minimum absolute atomic E-state index is 0.285. The predicted molar refractivity (Wildman–Crippen MR) is 138 cm³/mol. The summed E-state index contributed by atoms with van der Waals surface area (Å²) in [6.45, 7) is 6.47. The number of benzene rings is 2. The Balaban J connectivity index is 1.21. The highest BCUT2D eigenvalue weighted by atomic mass is 16.5. The maximum atomic E-state index is 11.3. The van der Waals surface area contributed by atoms with Gasteiger partial charge in [0.2, 0.25) is 11.8 Å². The van der Waals surface area contributed by atoms with Gasteiger partial charge >= 0.3 is 5.97 Å². The van der Waals surface area contributed by atoms with Crippen LogP contribution in [0.2, 0.25) is 0 Å². The molecule has 35 heavy (non-hydrogen) atoms. The molecule has 0 saturated heterocycles. The second-order valence-electron chi connectivity index (χ2n) is 8.75. The standard InChI is InChI=1S/C29H36N2O4/c1-23(2)29(32)34-22-14-9-7-5-3-4-6-8-13-21-33-26-19-17-25(18-20-26)28-31-30-27(35-28)24-15-11-10-12-16-24/h10-12,15-20H,1,3-9,13-14,21-22H2,2H3. The van der Waals surface area contributed by atoms with Crippen molar-refractivity contribution in [2.24, 2.45) is 0 Å². The number of rotatable bonds is 16. The van der Waals surface area contributed by atoms with E-state index in [-0.39, 0.29) is 5.97 Å². The van der Waals surface area contributed by atoms with Crippen molar-refractivity contribution in [3.63, 3.8) is 0 Å². The first-order chi connectivity index (χ1) is 17.1. The van der Waals surface area contributed by atoms with Crippen molar-refractivity contribution in [2.75, 3.05) is 13.2 Å². The second kappa shape index (κ2) is 14.8. The molecule has 186 valence electrons. The lowest BCUT2D eigenvalue weighted by atomic mass is 10.1. The number of carbonyl (C=O) groups is 1. The highest BCUT2D eigenvalue weighted by molar-refractivity contribution is 5.86. The number of carbonyl (C=O) groups excluding carboxylic acids is 1. The molecule has 0 bridgehead atoms. The van der Waals surface area contributed by atoms with Crippen molar-refractivity contribution in [1.82, 2.24) is 10.2 Å². The fourth-order valence-corrected chi connectivity index (χ4v) is 3.65. The van der Waals surface area contributed by atoms with E-state index < -0.39 is 0 Å². The normalized spacial score (nSPS) is 10.8. The molecule has 0 spiro atoms. The van der Waals surface area contributed by atoms with E-state index in [2.05, 4.69) is 16.8 Å². The number of hydrogen-bond acceptors (Lipinski definition) is 6. The van der Waals surface area contributed by atoms with Crippen LogP contribution in [0.1, 0.15) is 64.7 Å². The molecule has 0 aliphatic carbocycles. The van der Waals surface area contributed by atoms with E-state index in [1.165, 1.54) is 38.5 Å². The molecule has 0 aliphatic heterocycles. The van der Waals surface area contributed by atoms with Gasteiger partial charge in [0.25, 0.3) is 0 Å². The Morgan fingerprint density at radius 3 is 1.83 bits per heavy atom. The van der Waals surface area contributed by atoms with Crippen molar-refractivity contribution >= 4 is 5.97 Å². The lowest BCUT2D eigenvalue weighted by Gasteiger charge is -2.07. The van der Waals surface area contributed by atoms with Crippen LogP contribution in [-0.2, 0) is 9.53 Å². The van der Waals surface area contributed by atoms with Gasteiger partial charge in [0.15, 0.2) is 0 Å². The minimum Gasteiger partial charge on any atom is -0.494 e. The quantitative estimate of drug-likeness (QED) is 0.122. The van der Waals surface area contributed by atoms with Crippen molar-refractivity contribution in [1.29, 1.82) is 0 Å². The van der Waals surface area contributed by atoms with E-state index in [9.17, 15) is 4.79 Å². The highest BCUT2D eigenvalue weighted by Gasteiger charge is 2.10. The van der Waals surface area contributed by atoms with Gasteiger partial charge in [0.1, 0.15) is 5.75 Å². The number of nitrogens with zero attached hydrogens (tertiary/aromatic N) is 2. The predicted octanol–water partition coefficient (Wildman–Crippen LogP) is 7.41. The van der Waals surface area contributed by atoms with Gasteiger partial charge in [-0.05, 0) is 56.2 Å². The minimum atomic E-state index is -0.285. The van der Waals surface area contributed by atoms with Crippen molar-refractivity contribution in [3.05, 3.63) is 66.7 Å². The van der Waals surface area contributed by atoms with Crippen LogP contribution in [0.5, 0.6) is 5.75 Å². The Bertz CT molecular complexity index is 1030. The van der Waals surface area contributed by atoms with Crippen molar-refractivity contribution in [3.8, 4) is 28.7 Å². The fraction of sp³-hybridized carbons (Fsp3) is 0.414. The lowest BCUT2D eigenvalue weighted by molar-refractivity contribution is -0.139. The zero-order valence-electron chi connectivity index (χ0n) is 20.7. The van der Waals surface area contributed by atoms with Gasteiger partial charge in [-0.15, -0.1) is 10.2 Å². The summed E-state index contributed by atoms with van der Waals surface area (Å²) >= 11 is 0. The molecule has 1 heterocycles. The van der Waals surface area contributed by atoms with Crippen LogP contribution in [0.15, 0.2) is 71.2 Å². The first-order valence-corrected chi connectivity index (χ1v) is 12.6. The van der Waals surface area contributed by atoms with Crippen LogP contribution < -0.4 is 4.74 Å². The molecular weight excluding hydrogens is 440 g/mol. The molecule has 0 aliphatic rings. The zero-order valence-corrected chi connectivity index (χ0v) is 20.7. The third kappa shape index (κ3) is 9.39. The number of esters is 1. The molecule has 0 atom stereocenters. The third-order valence-corrected chi connectivity index (χ3v) is 5.69. The molecule has 0 amide bonds. The molecule has 0 saturated carbocycles. The maximum Gasteiger partial charge on any atom is 0.333 e. The lowest BCUT2D eigenvalue weighted by Crippen LogP contribution is -2.05. The van der Waals surface area contributed by atoms with Crippen LogP contribution in [0, 0.1) is 0 Å². The molecule has 2 aromatic carbocycles. The van der Waals surface area contributed by atoms with Crippen LogP contribution in [0.3, 0.4) is 0 Å². The maximum absolute atomic E-state index is 11.3. The summed E-state index contributed by atoms with van der Waals surface area (Å²) < 4.78 is 16.8. The Morgan fingerprint density at radius 1 is 0.743 bits per heavy atom. The smallest absolute Gasteiger partial charge is 0.333 e. The highest BCUT2D eigenvalue weighted by Crippen LogP contribution is 2.25. The number of aromatic nitrogens is 2. The van der Waals surface area contributed by atoms with Gasteiger partial charge in [-0.25, -0.2) is 4.79 Å². The summed E-state index contributed by atoms with van der Waals surface area (Å²) in [7, 11) is 0. The van der Waals surface area contributed by atoms with E-state index in [4.69, 9.17) is 13.9 Å².